The summed E-state index contributed by atoms with van der Waals surface area (Å²) in [4.78, 5) is 15.8. The van der Waals surface area contributed by atoms with Crippen molar-refractivity contribution in [2.24, 2.45) is 5.92 Å². The summed E-state index contributed by atoms with van der Waals surface area (Å²) >= 11 is 0. The van der Waals surface area contributed by atoms with Crippen molar-refractivity contribution < 1.29 is 4.79 Å². The van der Waals surface area contributed by atoms with Gasteiger partial charge in [0.25, 0.3) is 0 Å². The molecule has 0 aromatic heterocycles. The van der Waals surface area contributed by atoms with Crippen molar-refractivity contribution in [1.82, 2.24) is 4.90 Å². The number of nitrogens with zero attached hydrogens (tertiary/aromatic N) is 3. The van der Waals surface area contributed by atoms with Gasteiger partial charge in [-0.3, -0.25) is 9.69 Å². The first-order valence-electron chi connectivity index (χ1n) is 6.72. The first-order valence-corrected chi connectivity index (χ1v) is 6.72. The molecular formula is C15H22N4O. The summed E-state index contributed by atoms with van der Waals surface area (Å²) in [7, 11) is 1.75. The Kier molecular flexibility index (Phi) is 6.01. The van der Waals surface area contributed by atoms with E-state index < -0.39 is 0 Å². The SMILES string of the molecule is CCN(CC(=O)N(C)c1ccc(N)cc1)CC(C)C#N. The molecule has 0 aliphatic rings. The number of rotatable bonds is 6. The van der Waals surface area contributed by atoms with Crippen molar-refractivity contribution in [2.45, 2.75) is 13.8 Å². The monoisotopic (exact) mass is 274 g/mol. The van der Waals surface area contributed by atoms with Crippen LogP contribution in [0.2, 0.25) is 0 Å². The molecule has 5 heteroatoms. The predicted octanol–water partition coefficient (Wildman–Crippen LogP) is 1.71. The van der Waals surface area contributed by atoms with E-state index in [0.717, 1.165) is 12.2 Å². The summed E-state index contributed by atoms with van der Waals surface area (Å²) in [5.41, 5.74) is 7.12. The highest BCUT2D eigenvalue weighted by Crippen LogP contribution is 2.15. The molecule has 1 rings (SSSR count). The Bertz CT molecular complexity index is 478. The van der Waals surface area contributed by atoms with E-state index in [-0.39, 0.29) is 11.8 Å². The molecule has 1 aromatic rings. The number of hydrogen-bond donors (Lipinski definition) is 1. The van der Waals surface area contributed by atoms with Crippen LogP contribution in [0, 0.1) is 17.2 Å². The summed E-state index contributed by atoms with van der Waals surface area (Å²) in [6.45, 7) is 5.50. The van der Waals surface area contributed by atoms with Gasteiger partial charge in [0.1, 0.15) is 0 Å². The van der Waals surface area contributed by atoms with Crippen LogP contribution in [0.15, 0.2) is 24.3 Å². The first-order chi connectivity index (χ1) is 9.47. The van der Waals surface area contributed by atoms with Crippen molar-refractivity contribution >= 4 is 17.3 Å². The van der Waals surface area contributed by atoms with Crippen LogP contribution in [0.3, 0.4) is 0 Å². The summed E-state index contributed by atoms with van der Waals surface area (Å²) in [5.74, 6) is -0.0775. The van der Waals surface area contributed by atoms with E-state index in [1.54, 1.807) is 24.1 Å². The highest BCUT2D eigenvalue weighted by Gasteiger charge is 2.16. The zero-order valence-corrected chi connectivity index (χ0v) is 12.3. The van der Waals surface area contributed by atoms with Crippen LogP contribution in [-0.4, -0.2) is 37.5 Å². The van der Waals surface area contributed by atoms with Crippen LogP contribution in [-0.2, 0) is 4.79 Å². The van der Waals surface area contributed by atoms with Gasteiger partial charge in [-0.05, 0) is 37.7 Å². The normalized spacial score (nSPS) is 11.9. The number of carbonyl (C=O) groups excluding carboxylic acids is 1. The van der Waals surface area contributed by atoms with Crippen LogP contribution < -0.4 is 10.6 Å². The maximum atomic E-state index is 12.2. The number of nitrogen functional groups attached to an aromatic ring is 1. The lowest BCUT2D eigenvalue weighted by Crippen LogP contribution is -2.40. The summed E-state index contributed by atoms with van der Waals surface area (Å²) < 4.78 is 0. The zero-order valence-electron chi connectivity index (χ0n) is 12.3. The molecule has 1 unspecified atom stereocenters. The molecule has 20 heavy (non-hydrogen) atoms. The molecule has 0 heterocycles. The van der Waals surface area contributed by atoms with E-state index in [2.05, 4.69) is 6.07 Å². The summed E-state index contributed by atoms with van der Waals surface area (Å²) in [5, 5.41) is 8.84. The van der Waals surface area contributed by atoms with E-state index in [4.69, 9.17) is 11.0 Å². The molecule has 0 saturated carbocycles. The van der Waals surface area contributed by atoms with Gasteiger partial charge in [-0.15, -0.1) is 0 Å². The number of amides is 1. The van der Waals surface area contributed by atoms with E-state index in [9.17, 15) is 4.79 Å². The maximum absolute atomic E-state index is 12.2. The number of benzene rings is 1. The number of likely N-dealkylation sites (N-methyl/N-ethyl adjacent to an activating group) is 2. The standard InChI is InChI=1S/C15H22N4O/c1-4-19(10-12(2)9-16)11-15(20)18(3)14-7-5-13(17)6-8-14/h5-8,12H,4,10-11,17H2,1-3H3. The van der Waals surface area contributed by atoms with Gasteiger partial charge in [0.2, 0.25) is 5.91 Å². The van der Waals surface area contributed by atoms with Crippen molar-refractivity contribution in [3.05, 3.63) is 24.3 Å². The second-order valence-electron chi connectivity index (χ2n) is 4.90. The molecule has 0 fully saturated rings. The molecule has 2 N–H and O–H groups in total. The fourth-order valence-electron chi connectivity index (χ4n) is 1.87. The average molecular weight is 274 g/mol. The zero-order chi connectivity index (χ0) is 15.1. The van der Waals surface area contributed by atoms with Crippen molar-refractivity contribution in [3.63, 3.8) is 0 Å². The molecule has 1 aromatic carbocycles. The van der Waals surface area contributed by atoms with Crippen LogP contribution in [0.5, 0.6) is 0 Å². The number of nitrogens with two attached hydrogens (primary N) is 1. The number of nitriles is 1. The molecule has 108 valence electrons. The molecule has 0 spiro atoms. The molecule has 0 aliphatic carbocycles. The number of carbonyl (C=O) groups is 1. The molecule has 1 amide bonds. The van der Waals surface area contributed by atoms with E-state index >= 15 is 0 Å². The fraction of sp³-hybridized carbons (Fsp3) is 0.467. The Morgan fingerprint density at radius 2 is 2.00 bits per heavy atom. The van der Waals surface area contributed by atoms with Gasteiger partial charge in [0.15, 0.2) is 0 Å². The second-order valence-corrected chi connectivity index (χ2v) is 4.90. The van der Waals surface area contributed by atoms with Gasteiger partial charge in [-0.1, -0.05) is 6.92 Å². The van der Waals surface area contributed by atoms with E-state index in [0.29, 0.717) is 18.8 Å². The molecule has 1 atom stereocenters. The summed E-state index contributed by atoms with van der Waals surface area (Å²) in [6, 6.07) is 9.38. The van der Waals surface area contributed by atoms with Gasteiger partial charge in [0.05, 0.1) is 18.5 Å². The Morgan fingerprint density at radius 3 is 2.50 bits per heavy atom. The minimum Gasteiger partial charge on any atom is -0.399 e. The van der Waals surface area contributed by atoms with Crippen LogP contribution in [0.1, 0.15) is 13.8 Å². The van der Waals surface area contributed by atoms with Gasteiger partial charge >= 0.3 is 0 Å². The lowest BCUT2D eigenvalue weighted by molar-refractivity contribution is -0.119. The molecule has 0 bridgehead atoms. The van der Waals surface area contributed by atoms with E-state index in [1.807, 2.05) is 30.9 Å². The molecule has 5 nitrogen and oxygen atoms in total. The topological polar surface area (TPSA) is 73.4 Å². The first kappa shape index (κ1) is 16.0. The van der Waals surface area contributed by atoms with E-state index in [1.165, 1.54) is 0 Å². The Labute approximate surface area is 120 Å². The number of anilines is 2. The van der Waals surface area contributed by atoms with Gasteiger partial charge in [-0.2, -0.15) is 5.26 Å². The largest absolute Gasteiger partial charge is 0.399 e. The fourth-order valence-corrected chi connectivity index (χ4v) is 1.87. The third kappa shape index (κ3) is 4.56. The predicted molar refractivity (Wildman–Crippen MR) is 81.2 cm³/mol. The van der Waals surface area contributed by atoms with Crippen LogP contribution in [0.4, 0.5) is 11.4 Å². The maximum Gasteiger partial charge on any atom is 0.240 e. The van der Waals surface area contributed by atoms with Gasteiger partial charge in [0, 0.05) is 25.0 Å². The Morgan fingerprint density at radius 1 is 1.40 bits per heavy atom. The Hall–Kier alpha value is -2.06. The van der Waals surface area contributed by atoms with Crippen LogP contribution >= 0.6 is 0 Å². The lowest BCUT2D eigenvalue weighted by atomic mass is 10.2. The third-order valence-corrected chi connectivity index (χ3v) is 3.21. The quantitative estimate of drug-likeness (QED) is 0.801. The van der Waals surface area contributed by atoms with Crippen LogP contribution in [0.25, 0.3) is 0 Å². The summed E-state index contributed by atoms with van der Waals surface area (Å²) in [6.07, 6.45) is 0. The minimum absolute atomic E-state index is 0.00163. The molecule has 0 saturated heterocycles. The molecular weight excluding hydrogens is 252 g/mol. The van der Waals surface area contributed by atoms with Crippen molar-refractivity contribution in [1.29, 1.82) is 5.26 Å². The minimum atomic E-state index is -0.0791. The molecule has 0 radical (unpaired) electrons. The average Bonchev–Trinajstić information content (AvgIpc) is 2.46. The van der Waals surface area contributed by atoms with Gasteiger partial charge < -0.3 is 10.6 Å². The van der Waals surface area contributed by atoms with Crippen molar-refractivity contribution in [3.8, 4) is 6.07 Å². The lowest BCUT2D eigenvalue weighted by Gasteiger charge is -2.24. The van der Waals surface area contributed by atoms with Gasteiger partial charge in [-0.25, -0.2) is 0 Å². The smallest absolute Gasteiger partial charge is 0.240 e. The molecule has 0 aliphatic heterocycles. The van der Waals surface area contributed by atoms with Crippen molar-refractivity contribution in [2.75, 3.05) is 37.3 Å². The highest BCUT2D eigenvalue weighted by atomic mass is 16.2. The highest BCUT2D eigenvalue weighted by molar-refractivity contribution is 5.94. The number of hydrogen-bond acceptors (Lipinski definition) is 4. The Balaban J connectivity index is 2.64. The third-order valence-electron chi connectivity index (χ3n) is 3.21. The second kappa shape index (κ2) is 7.51.